The molecule has 21 heavy (non-hydrogen) atoms. The van der Waals surface area contributed by atoms with E-state index in [0.717, 1.165) is 16.4 Å². The average Bonchev–Trinajstić information content (AvgIpc) is 2.48. The monoisotopic (exact) mass is 301 g/mol. The number of carbonyl (C=O) groups excluding carboxylic acids is 1. The zero-order valence-corrected chi connectivity index (χ0v) is 12.8. The van der Waals surface area contributed by atoms with E-state index in [4.69, 9.17) is 4.52 Å². The van der Waals surface area contributed by atoms with E-state index < -0.39 is 7.37 Å². The fourth-order valence-corrected chi connectivity index (χ4v) is 4.46. The Hall–Kier alpha value is -2.06. The first-order chi connectivity index (χ1) is 10.0. The fraction of sp³-hybridized carbons (Fsp3) is 0.188. The van der Waals surface area contributed by atoms with E-state index in [-0.39, 0.29) is 5.91 Å². The molecular formula is C16H16NO3P. The lowest BCUT2D eigenvalue weighted by Gasteiger charge is -2.28. The van der Waals surface area contributed by atoms with Gasteiger partial charge in [-0.3, -0.25) is 9.36 Å². The van der Waals surface area contributed by atoms with Crippen LogP contribution in [0.15, 0.2) is 42.5 Å². The van der Waals surface area contributed by atoms with Gasteiger partial charge in [0.05, 0.1) is 5.30 Å². The average molecular weight is 301 g/mol. The van der Waals surface area contributed by atoms with Crippen molar-refractivity contribution in [3.63, 3.8) is 0 Å². The van der Waals surface area contributed by atoms with Crippen molar-refractivity contribution in [1.82, 2.24) is 0 Å². The number of nitrogens with one attached hydrogen (secondary N) is 1. The van der Waals surface area contributed by atoms with E-state index >= 15 is 0 Å². The molecule has 2 aromatic carbocycles. The van der Waals surface area contributed by atoms with Crippen LogP contribution in [0.1, 0.15) is 13.8 Å². The van der Waals surface area contributed by atoms with Crippen LogP contribution in [0, 0.1) is 0 Å². The quantitative estimate of drug-likeness (QED) is 0.862. The lowest BCUT2D eigenvalue weighted by molar-refractivity contribution is -0.114. The number of rotatable bonds is 2. The predicted molar refractivity (Wildman–Crippen MR) is 84.6 cm³/mol. The third-order valence-electron chi connectivity index (χ3n) is 3.52. The maximum absolute atomic E-state index is 13.0. The summed E-state index contributed by atoms with van der Waals surface area (Å²) in [4.78, 5) is 11.2. The van der Waals surface area contributed by atoms with Crippen LogP contribution in [-0.4, -0.2) is 12.1 Å². The molecule has 1 unspecified atom stereocenters. The molecule has 1 aliphatic rings. The smallest absolute Gasteiger partial charge is 0.277 e. The SMILES string of the molecule is CCP1(=O)Oc2ccc(NC(C)=O)cc2-c2ccccc21. The summed E-state index contributed by atoms with van der Waals surface area (Å²) in [6.07, 6.45) is 0.455. The molecular weight excluding hydrogens is 285 g/mol. The molecule has 1 amide bonds. The predicted octanol–water partition coefficient (Wildman–Crippen LogP) is 3.63. The Labute approximate surface area is 123 Å². The first-order valence-corrected chi connectivity index (χ1v) is 8.65. The normalized spacial score (nSPS) is 19.1. The van der Waals surface area contributed by atoms with Crippen molar-refractivity contribution >= 4 is 24.3 Å². The summed E-state index contributed by atoms with van der Waals surface area (Å²) in [5.74, 6) is 0.479. The zero-order chi connectivity index (χ0) is 15.0. The summed E-state index contributed by atoms with van der Waals surface area (Å²) in [5.41, 5.74) is 2.47. The Morgan fingerprint density at radius 1 is 1.19 bits per heavy atom. The van der Waals surface area contributed by atoms with Gasteiger partial charge in [-0.1, -0.05) is 25.1 Å². The summed E-state index contributed by atoms with van der Waals surface area (Å²) in [5, 5.41) is 3.51. The first kappa shape index (κ1) is 13.9. The number of amides is 1. The number of carbonyl (C=O) groups is 1. The van der Waals surface area contributed by atoms with Crippen LogP contribution in [0.5, 0.6) is 5.75 Å². The molecule has 1 N–H and O–H groups in total. The van der Waals surface area contributed by atoms with Crippen LogP contribution in [0.25, 0.3) is 11.1 Å². The van der Waals surface area contributed by atoms with Gasteiger partial charge in [-0.25, -0.2) is 0 Å². The zero-order valence-electron chi connectivity index (χ0n) is 11.9. The van der Waals surface area contributed by atoms with Crippen molar-refractivity contribution in [3.05, 3.63) is 42.5 Å². The third-order valence-corrected chi connectivity index (χ3v) is 5.97. The first-order valence-electron chi connectivity index (χ1n) is 6.84. The largest absolute Gasteiger partial charge is 0.439 e. The molecule has 0 radical (unpaired) electrons. The number of hydrogen-bond acceptors (Lipinski definition) is 3. The molecule has 5 heteroatoms. The van der Waals surface area contributed by atoms with E-state index in [1.807, 2.05) is 37.3 Å². The molecule has 0 aliphatic carbocycles. The molecule has 0 bridgehead atoms. The van der Waals surface area contributed by atoms with Crippen LogP contribution >= 0.6 is 7.37 Å². The minimum atomic E-state index is -2.85. The molecule has 0 saturated heterocycles. The summed E-state index contributed by atoms with van der Waals surface area (Å²) < 4.78 is 18.8. The molecule has 1 heterocycles. The van der Waals surface area contributed by atoms with Crippen molar-refractivity contribution in [1.29, 1.82) is 0 Å². The molecule has 2 aromatic rings. The Kier molecular flexibility index (Phi) is 3.34. The highest BCUT2D eigenvalue weighted by molar-refractivity contribution is 7.67. The van der Waals surface area contributed by atoms with Gasteiger partial charge in [0.1, 0.15) is 5.75 Å². The number of fused-ring (bicyclic) bond motifs is 3. The molecule has 3 rings (SSSR count). The van der Waals surface area contributed by atoms with Gasteiger partial charge in [0.25, 0.3) is 7.37 Å². The van der Waals surface area contributed by atoms with Gasteiger partial charge in [0, 0.05) is 24.3 Å². The fourth-order valence-electron chi connectivity index (χ4n) is 2.54. The lowest BCUT2D eigenvalue weighted by Crippen LogP contribution is -2.19. The van der Waals surface area contributed by atoms with Gasteiger partial charge in [-0.2, -0.15) is 0 Å². The molecule has 4 nitrogen and oxygen atoms in total. The second-order valence-electron chi connectivity index (χ2n) is 4.99. The minimum Gasteiger partial charge on any atom is -0.439 e. The molecule has 0 spiro atoms. The van der Waals surface area contributed by atoms with E-state index in [1.54, 1.807) is 12.1 Å². The number of benzene rings is 2. The molecule has 108 valence electrons. The van der Waals surface area contributed by atoms with E-state index in [9.17, 15) is 9.36 Å². The lowest BCUT2D eigenvalue weighted by atomic mass is 10.0. The van der Waals surface area contributed by atoms with Crippen LogP contribution < -0.4 is 15.1 Å². The van der Waals surface area contributed by atoms with Crippen molar-refractivity contribution in [2.75, 3.05) is 11.5 Å². The van der Waals surface area contributed by atoms with Gasteiger partial charge in [-0.15, -0.1) is 0 Å². The molecule has 0 fully saturated rings. The second kappa shape index (κ2) is 5.05. The summed E-state index contributed by atoms with van der Waals surface area (Å²) >= 11 is 0. The van der Waals surface area contributed by atoms with Gasteiger partial charge < -0.3 is 9.84 Å². The van der Waals surface area contributed by atoms with Crippen molar-refractivity contribution in [2.45, 2.75) is 13.8 Å². The maximum atomic E-state index is 13.0. The molecule has 0 aromatic heterocycles. The van der Waals surface area contributed by atoms with E-state index in [0.29, 0.717) is 17.6 Å². The van der Waals surface area contributed by atoms with Crippen LogP contribution in [0.2, 0.25) is 0 Å². The highest BCUT2D eigenvalue weighted by atomic mass is 31.2. The second-order valence-corrected chi connectivity index (χ2v) is 7.63. The van der Waals surface area contributed by atoms with Crippen molar-refractivity contribution < 1.29 is 13.9 Å². The van der Waals surface area contributed by atoms with Crippen LogP contribution in [-0.2, 0) is 9.36 Å². The Morgan fingerprint density at radius 3 is 2.67 bits per heavy atom. The van der Waals surface area contributed by atoms with Crippen molar-refractivity contribution in [2.24, 2.45) is 0 Å². The summed E-state index contributed by atoms with van der Waals surface area (Å²) in [7, 11) is -2.85. The topological polar surface area (TPSA) is 55.4 Å². The Morgan fingerprint density at radius 2 is 1.95 bits per heavy atom. The van der Waals surface area contributed by atoms with Crippen LogP contribution in [0.3, 0.4) is 0 Å². The standard InChI is InChI=1S/C16H16NO3P/c1-3-21(19)16-7-5-4-6-13(16)14-10-12(17-11(2)18)8-9-15(14)20-21/h4-10H,3H2,1-2H3,(H,17,18). The Bertz CT molecular complexity index is 770. The van der Waals surface area contributed by atoms with E-state index in [1.165, 1.54) is 6.92 Å². The molecule has 1 atom stereocenters. The molecule has 0 saturated carbocycles. The van der Waals surface area contributed by atoms with Gasteiger partial charge in [-0.05, 0) is 29.8 Å². The summed E-state index contributed by atoms with van der Waals surface area (Å²) in [6, 6.07) is 13.0. The van der Waals surface area contributed by atoms with E-state index in [2.05, 4.69) is 5.32 Å². The Balaban J connectivity index is 2.19. The van der Waals surface area contributed by atoms with Crippen molar-refractivity contribution in [3.8, 4) is 16.9 Å². The minimum absolute atomic E-state index is 0.126. The van der Waals surface area contributed by atoms with Gasteiger partial charge >= 0.3 is 0 Å². The number of hydrogen-bond donors (Lipinski definition) is 1. The van der Waals surface area contributed by atoms with Gasteiger partial charge in [0.15, 0.2) is 0 Å². The molecule has 1 aliphatic heterocycles. The summed E-state index contributed by atoms with van der Waals surface area (Å²) in [6.45, 7) is 3.34. The number of anilines is 1. The van der Waals surface area contributed by atoms with Crippen LogP contribution in [0.4, 0.5) is 5.69 Å². The van der Waals surface area contributed by atoms with Gasteiger partial charge in [0.2, 0.25) is 5.91 Å². The highest BCUT2D eigenvalue weighted by Crippen LogP contribution is 2.54. The maximum Gasteiger partial charge on any atom is 0.277 e. The highest BCUT2D eigenvalue weighted by Gasteiger charge is 2.34. The third kappa shape index (κ3) is 2.36.